The van der Waals surface area contributed by atoms with Gasteiger partial charge in [-0.15, -0.1) is 11.8 Å². The fourth-order valence-corrected chi connectivity index (χ4v) is 3.95. The zero-order chi connectivity index (χ0) is 16.1. The highest BCUT2D eigenvalue weighted by Crippen LogP contribution is 2.44. The smallest absolute Gasteiger partial charge is 0.235 e. The molecular weight excluding hydrogens is 300 g/mol. The summed E-state index contributed by atoms with van der Waals surface area (Å²) in [6, 6.07) is 0. The Balaban J connectivity index is 2.17. The molecule has 2 aromatic rings. The average molecular weight is 320 g/mol. The number of aryl methyl sites for hydroxylation is 2. The van der Waals surface area contributed by atoms with Gasteiger partial charge >= 0.3 is 0 Å². The normalized spacial score (nSPS) is 18.8. The molecule has 7 heteroatoms. The van der Waals surface area contributed by atoms with Crippen LogP contribution in [0.25, 0.3) is 0 Å². The summed E-state index contributed by atoms with van der Waals surface area (Å²) in [5.74, 6) is 1.95. The van der Waals surface area contributed by atoms with E-state index in [0.29, 0.717) is 5.75 Å². The molecule has 6 nitrogen and oxygen atoms in total. The maximum absolute atomic E-state index is 12.1. The minimum Gasteiger partial charge on any atom is -0.361 e. The van der Waals surface area contributed by atoms with Crippen LogP contribution in [0.2, 0.25) is 0 Å². The highest BCUT2D eigenvalue weighted by atomic mass is 32.2. The fourth-order valence-electron chi connectivity index (χ4n) is 2.71. The van der Waals surface area contributed by atoms with Crippen LogP contribution in [-0.4, -0.2) is 26.6 Å². The molecule has 1 aliphatic rings. The second-order valence-electron chi connectivity index (χ2n) is 6.51. The second kappa shape index (κ2) is 5.15. The van der Waals surface area contributed by atoms with E-state index < -0.39 is 0 Å². The van der Waals surface area contributed by atoms with E-state index in [1.165, 1.54) is 0 Å². The largest absolute Gasteiger partial charge is 0.361 e. The molecule has 0 fully saturated rings. The molecule has 1 aliphatic heterocycles. The molecule has 1 amide bonds. The number of carbonyl (C=O) groups is 1. The first kappa shape index (κ1) is 15.1. The van der Waals surface area contributed by atoms with Gasteiger partial charge in [0.1, 0.15) is 11.6 Å². The van der Waals surface area contributed by atoms with E-state index in [1.54, 1.807) is 11.8 Å². The summed E-state index contributed by atoms with van der Waals surface area (Å²) in [6.07, 6.45) is 1.84. The fraction of sp³-hybridized carbons (Fsp3) is 0.533. The first-order valence-electron chi connectivity index (χ1n) is 7.21. The van der Waals surface area contributed by atoms with E-state index in [4.69, 9.17) is 4.52 Å². The highest BCUT2D eigenvalue weighted by Gasteiger charge is 2.33. The minimum absolute atomic E-state index is 0.00343. The Morgan fingerprint density at radius 1 is 1.41 bits per heavy atom. The number of nitrogens with one attached hydrogen (secondary N) is 1. The monoisotopic (exact) mass is 320 g/mol. The molecule has 0 aliphatic carbocycles. The third kappa shape index (κ3) is 2.43. The number of anilines is 1. The van der Waals surface area contributed by atoms with E-state index in [1.807, 2.05) is 24.7 Å². The van der Waals surface area contributed by atoms with Crippen LogP contribution in [0.5, 0.6) is 0 Å². The van der Waals surface area contributed by atoms with Crippen molar-refractivity contribution >= 4 is 23.5 Å². The van der Waals surface area contributed by atoms with Crippen molar-refractivity contribution < 1.29 is 9.32 Å². The Hall–Kier alpha value is -1.76. The van der Waals surface area contributed by atoms with Crippen LogP contribution in [0, 0.1) is 13.8 Å². The summed E-state index contributed by atoms with van der Waals surface area (Å²) in [5, 5.41) is 11.5. The lowest BCUT2D eigenvalue weighted by molar-refractivity contribution is -0.113. The van der Waals surface area contributed by atoms with Crippen molar-refractivity contribution in [1.29, 1.82) is 0 Å². The number of fused-ring (bicyclic) bond motifs is 1. The van der Waals surface area contributed by atoms with E-state index >= 15 is 0 Å². The third-order valence-electron chi connectivity index (χ3n) is 3.71. The van der Waals surface area contributed by atoms with Crippen molar-refractivity contribution in [3.8, 4) is 0 Å². The molecule has 0 saturated heterocycles. The van der Waals surface area contributed by atoms with Gasteiger partial charge in [0.05, 0.1) is 28.4 Å². The lowest BCUT2D eigenvalue weighted by atomic mass is 10.0. The summed E-state index contributed by atoms with van der Waals surface area (Å²) in [7, 11) is 0. The van der Waals surface area contributed by atoms with Gasteiger partial charge in [0.25, 0.3) is 0 Å². The Labute approximate surface area is 133 Å². The lowest BCUT2D eigenvalue weighted by Crippen LogP contribution is -2.27. The minimum atomic E-state index is -0.209. The van der Waals surface area contributed by atoms with Crippen LogP contribution in [-0.2, 0) is 10.3 Å². The first-order chi connectivity index (χ1) is 10.3. The zero-order valence-electron chi connectivity index (χ0n) is 13.4. The zero-order valence-corrected chi connectivity index (χ0v) is 14.2. The Bertz CT molecular complexity index is 707. The number of carbonyl (C=O) groups excluding carboxylic acids is 1. The van der Waals surface area contributed by atoms with Crippen molar-refractivity contribution in [3.05, 3.63) is 28.8 Å². The lowest BCUT2D eigenvalue weighted by Gasteiger charge is -2.23. The maximum atomic E-state index is 12.1. The Kier molecular flexibility index (Phi) is 3.55. The van der Waals surface area contributed by atoms with Gasteiger partial charge in [-0.1, -0.05) is 5.16 Å². The van der Waals surface area contributed by atoms with E-state index in [-0.39, 0.29) is 16.7 Å². The van der Waals surface area contributed by atoms with E-state index in [0.717, 1.165) is 28.4 Å². The number of rotatable bonds is 1. The van der Waals surface area contributed by atoms with Crippen molar-refractivity contribution in [2.45, 2.75) is 45.4 Å². The van der Waals surface area contributed by atoms with Crippen molar-refractivity contribution in [2.75, 3.05) is 11.1 Å². The average Bonchev–Trinajstić information content (AvgIpc) is 2.92. The summed E-state index contributed by atoms with van der Waals surface area (Å²) in [5.41, 5.74) is 2.69. The molecule has 0 spiro atoms. The first-order valence-corrected chi connectivity index (χ1v) is 8.26. The maximum Gasteiger partial charge on any atom is 0.235 e. The summed E-state index contributed by atoms with van der Waals surface area (Å²) in [6.45, 7) is 10.0. The molecule has 0 aromatic carbocycles. The number of thioether (sulfide) groups is 1. The second-order valence-corrected chi connectivity index (χ2v) is 7.60. The summed E-state index contributed by atoms with van der Waals surface area (Å²) in [4.78, 5) is 12.1. The van der Waals surface area contributed by atoms with Gasteiger partial charge in [-0.25, -0.2) is 4.68 Å². The van der Waals surface area contributed by atoms with Crippen LogP contribution in [0.4, 0.5) is 5.82 Å². The highest BCUT2D eigenvalue weighted by molar-refractivity contribution is 8.00. The molecule has 22 heavy (non-hydrogen) atoms. The standard InChI is InChI=1S/C15H20N4O2S/c1-8-12(9(2)21-18-8)13-10-6-16-19(15(3,4)5)14(10)17-11(20)7-22-13/h6,13H,7H2,1-5H3,(H,17,20)/t13-/m0/s1. The molecule has 3 rings (SSSR count). The Morgan fingerprint density at radius 2 is 2.14 bits per heavy atom. The summed E-state index contributed by atoms with van der Waals surface area (Å²) >= 11 is 1.58. The van der Waals surface area contributed by atoms with Gasteiger partial charge in [-0.05, 0) is 34.6 Å². The van der Waals surface area contributed by atoms with Gasteiger partial charge < -0.3 is 9.84 Å². The molecule has 3 heterocycles. The predicted octanol–water partition coefficient (Wildman–Crippen LogP) is 3.02. The van der Waals surface area contributed by atoms with Gasteiger partial charge in [0, 0.05) is 11.1 Å². The topological polar surface area (TPSA) is 73.0 Å². The molecule has 1 atom stereocenters. The van der Waals surface area contributed by atoms with E-state index in [2.05, 4.69) is 36.3 Å². The van der Waals surface area contributed by atoms with Crippen LogP contribution in [0.3, 0.4) is 0 Å². The molecule has 0 saturated carbocycles. The third-order valence-corrected chi connectivity index (χ3v) is 4.96. The molecule has 0 unspecified atom stereocenters. The van der Waals surface area contributed by atoms with Crippen molar-refractivity contribution in [3.63, 3.8) is 0 Å². The number of aromatic nitrogens is 3. The number of amides is 1. The van der Waals surface area contributed by atoms with Crippen molar-refractivity contribution in [1.82, 2.24) is 14.9 Å². The van der Waals surface area contributed by atoms with Crippen LogP contribution in [0.1, 0.15) is 48.6 Å². The van der Waals surface area contributed by atoms with Gasteiger partial charge in [-0.3, -0.25) is 4.79 Å². The van der Waals surface area contributed by atoms with Crippen LogP contribution in [0.15, 0.2) is 10.7 Å². The quantitative estimate of drug-likeness (QED) is 0.874. The number of hydrogen-bond acceptors (Lipinski definition) is 5. The van der Waals surface area contributed by atoms with Crippen molar-refractivity contribution in [2.24, 2.45) is 0 Å². The SMILES string of the molecule is Cc1noc(C)c1[C@H]1SCC(=O)Nc2c1cnn2C(C)(C)C. The van der Waals surface area contributed by atoms with Gasteiger partial charge in [-0.2, -0.15) is 5.10 Å². The number of nitrogens with zero attached hydrogens (tertiary/aromatic N) is 3. The molecule has 1 N–H and O–H groups in total. The number of hydrogen-bond donors (Lipinski definition) is 1. The van der Waals surface area contributed by atoms with Gasteiger partial charge in [0.2, 0.25) is 5.91 Å². The molecular formula is C15H20N4O2S. The molecule has 0 bridgehead atoms. The van der Waals surface area contributed by atoms with E-state index in [9.17, 15) is 4.79 Å². The molecule has 0 radical (unpaired) electrons. The predicted molar refractivity (Wildman–Crippen MR) is 86.1 cm³/mol. The molecule has 118 valence electrons. The van der Waals surface area contributed by atoms with Gasteiger partial charge in [0.15, 0.2) is 0 Å². The Morgan fingerprint density at radius 3 is 2.73 bits per heavy atom. The van der Waals surface area contributed by atoms with Crippen LogP contribution < -0.4 is 5.32 Å². The van der Waals surface area contributed by atoms with Crippen LogP contribution >= 0.6 is 11.8 Å². The summed E-state index contributed by atoms with van der Waals surface area (Å²) < 4.78 is 7.18. The molecule has 2 aromatic heterocycles.